The fraction of sp³-hybridized carbons (Fsp3) is 0.500. The average molecular weight is 267 g/mol. The van der Waals surface area contributed by atoms with E-state index in [4.69, 9.17) is 16.3 Å². The minimum absolute atomic E-state index is 0.434. The number of halogens is 1. The Kier molecular flexibility index (Phi) is 4.48. The van der Waals surface area contributed by atoms with E-state index in [1.807, 2.05) is 12.1 Å². The summed E-state index contributed by atoms with van der Waals surface area (Å²) in [4.78, 5) is 4.59. The number of unbranched alkanes of at least 4 members (excludes halogenated alkanes) is 2. The van der Waals surface area contributed by atoms with Crippen molar-refractivity contribution in [3.63, 3.8) is 0 Å². The van der Waals surface area contributed by atoms with Crippen LogP contribution in [0.15, 0.2) is 18.2 Å². The summed E-state index contributed by atoms with van der Waals surface area (Å²) in [7, 11) is 1.67. The first-order chi connectivity index (χ1) is 8.81. The largest absolute Gasteiger partial charge is 0.494 e. The third-order valence-electron chi connectivity index (χ3n) is 3.15. The van der Waals surface area contributed by atoms with E-state index in [-0.39, 0.29) is 0 Å². The zero-order chi connectivity index (χ0) is 13.0. The minimum atomic E-state index is 0.434. The Labute approximate surface area is 113 Å². The number of fused-ring (bicyclic) bond motifs is 1. The van der Waals surface area contributed by atoms with E-state index in [0.717, 1.165) is 35.6 Å². The van der Waals surface area contributed by atoms with Crippen molar-refractivity contribution in [2.75, 3.05) is 7.11 Å². The highest BCUT2D eigenvalue weighted by Gasteiger charge is 2.12. The Hall–Kier alpha value is -1.22. The lowest BCUT2D eigenvalue weighted by molar-refractivity contribution is 0.419. The van der Waals surface area contributed by atoms with E-state index in [0.29, 0.717) is 5.88 Å². The number of imidazole rings is 1. The smallest absolute Gasteiger partial charge is 0.146 e. The molecular weight excluding hydrogens is 248 g/mol. The summed E-state index contributed by atoms with van der Waals surface area (Å²) in [5, 5.41) is 0. The molecule has 0 amide bonds. The minimum Gasteiger partial charge on any atom is -0.494 e. The van der Waals surface area contributed by atoms with E-state index < -0.39 is 0 Å². The van der Waals surface area contributed by atoms with Crippen LogP contribution in [-0.4, -0.2) is 16.7 Å². The van der Waals surface area contributed by atoms with Crippen molar-refractivity contribution in [3.05, 3.63) is 24.0 Å². The molecule has 18 heavy (non-hydrogen) atoms. The van der Waals surface area contributed by atoms with Gasteiger partial charge in [-0.2, -0.15) is 0 Å². The summed E-state index contributed by atoms with van der Waals surface area (Å²) in [6.07, 6.45) is 3.60. The molecule has 0 aliphatic carbocycles. The number of nitrogens with zero attached hydrogens (tertiary/aromatic N) is 2. The van der Waals surface area contributed by atoms with E-state index in [1.165, 1.54) is 12.8 Å². The van der Waals surface area contributed by atoms with Gasteiger partial charge in [0.2, 0.25) is 0 Å². The van der Waals surface area contributed by atoms with Gasteiger partial charge in [-0.3, -0.25) is 0 Å². The number of hydrogen-bond donors (Lipinski definition) is 0. The number of ether oxygens (including phenoxy) is 1. The van der Waals surface area contributed by atoms with Gasteiger partial charge < -0.3 is 9.30 Å². The van der Waals surface area contributed by atoms with Gasteiger partial charge in [-0.1, -0.05) is 25.8 Å². The molecule has 0 fully saturated rings. The van der Waals surface area contributed by atoms with Gasteiger partial charge in [-0.25, -0.2) is 4.98 Å². The monoisotopic (exact) mass is 266 g/mol. The normalized spacial score (nSPS) is 11.1. The lowest BCUT2D eigenvalue weighted by atomic mass is 10.2. The molecule has 2 aromatic rings. The second-order valence-corrected chi connectivity index (χ2v) is 4.62. The van der Waals surface area contributed by atoms with Crippen molar-refractivity contribution in [1.29, 1.82) is 0 Å². The van der Waals surface area contributed by atoms with Crippen LogP contribution >= 0.6 is 11.6 Å². The fourth-order valence-electron chi connectivity index (χ4n) is 2.21. The fourth-order valence-corrected chi connectivity index (χ4v) is 2.41. The van der Waals surface area contributed by atoms with Crippen LogP contribution in [0.5, 0.6) is 5.75 Å². The lowest BCUT2D eigenvalue weighted by Crippen LogP contribution is -2.02. The van der Waals surface area contributed by atoms with Crippen molar-refractivity contribution >= 4 is 22.6 Å². The molecule has 1 aromatic carbocycles. The first kappa shape index (κ1) is 13.2. The molecule has 0 aliphatic rings. The Balaban J connectivity index is 2.42. The molecule has 0 radical (unpaired) electrons. The van der Waals surface area contributed by atoms with E-state index in [1.54, 1.807) is 7.11 Å². The standard InChI is InChI=1S/C14H19ClN2O/c1-3-4-5-9-17-11-7-6-8-12(18-2)14(11)16-13(17)10-15/h6-8H,3-5,9-10H2,1-2H3. The van der Waals surface area contributed by atoms with Crippen LogP contribution < -0.4 is 4.74 Å². The van der Waals surface area contributed by atoms with Crippen molar-refractivity contribution in [1.82, 2.24) is 9.55 Å². The first-order valence-corrected chi connectivity index (χ1v) is 6.93. The number of rotatable bonds is 6. The number of hydrogen-bond acceptors (Lipinski definition) is 2. The van der Waals surface area contributed by atoms with Crippen molar-refractivity contribution in [3.8, 4) is 5.75 Å². The van der Waals surface area contributed by atoms with Gasteiger partial charge in [0.15, 0.2) is 0 Å². The molecule has 0 bridgehead atoms. The van der Waals surface area contributed by atoms with Crippen molar-refractivity contribution in [2.45, 2.75) is 38.6 Å². The Morgan fingerprint density at radius 2 is 2.17 bits per heavy atom. The third kappa shape index (κ3) is 2.46. The van der Waals surface area contributed by atoms with Crippen LogP contribution in [0.2, 0.25) is 0 Å². The highest BCUT2D eigenvalue weighted by molar-refractivity contribution is 6.16. The first-order valence-electron chi connectivity index (χ1n) is 6.39. The number of benzene rings is 1. The SMILES string of the molecule is CCCCCn1c(CCl)nc2c(OC)cccc21. The molecule has 98 valence electrons. The Bertz CT molecular complexity index is 522. The topological polar surface area (TPSA) is 27.1 Å². The average Bonchev–Trinajstić information content (AvgIpc) is 2.77. The van der Waals surface area contributed by atoms with Gasteiger partial charge in [0.1, 0.15) is 17.1 Å². The summed E-state index contributed by atoms with van der Waals surface area (Å²) >= 11 is 5.99. The molecule has 0 saturated carbocycles. The lowest BCUT2D eigenvalue weighted by Gasteiger charge is -2.07. The molecule has 0 atom stereocenters. The zero-order valence-corrected chi connectivity index (χ0v) is 11.7. The number of aromatic nitrogens is 2. The maximum absolute atomic E-state index is 5.99. The molecule has 0 unspecified atom stereocenters. The summed E-state index contributed by atoms with van der Waals surface area (Å²) in [6.45, 7) is 3.18. The second-order valence-electron chi connectivity index (χ2n) is 4.35. The predicted molar refractivity (Wildman–Crippen MR) is 75.4 cm³/mol. The van der Waals surface area contributed by atoms with Gasteiger partial charge in [0.05, 0.1) is 18.5 Å². The Morgan fingerprint density at radius 1 is 1.33 bits per heavy atom. The van der Waals surface area contributed by atoms with Crippen LogP contribution in [0.4, 0.5) is 0 Å². The molecule has 1 aromatic heterocycles. The van der Waals surface area contributed by atoms with Crippen LogP contribution in [0, 0.1) is 0 Å². The second kappa shape index (κ2) is 6.10. The van der Waals surface area contributed by atoms with Crippen LogP contribution in [-0.2, 0) is 12.4 Å². The van der Waals surface area contributed by atoms with Crippen molar-refractivity contribution in [2.24, 2.45) is 0 Å². The predicted octanol–water partition coefficient (Wildman–Crippen LogP) is 3.97. The summed E-state index contributed by atoms with van der Waals surface area (Å²) in [6, 6.07) is 6.01. The van der Waals surface area contributed by atoms with Crippen molar-refractivity contribution < 1.29 is 4.74 Å². The molecule has 0 saturated heterocycles. The highest BCUT2D eigenvalue weighted by Crippen LogP contribution is 2.26. The highest BCUT2D eigenvalue weighted by atomic mass is 35.5. The van der Waals surface area contributed by atoms with Gasteiger partial charge in [0.25, 0.3) is 0 Å². The van der Waals surface area contributed by atoms with Crippen LogP contribution in [0.1, 0.15) is 32.0 Å². The summed E-state index contributed by atoms with van der Waals surface area (Å²) in [5.74, 6) is 2.17. The molecule has 0 aliphatic heterocycles. The molecule has 4 heteroatoms. The van der Waals surface area contributed by atoms with Gasteiger partial charge >= 0.3 is 0 Å². The zero-order valence-electron chi connectivity index (χ0n) is 10.9. The summed E-state index contributed by atoms with van der Waals surface area (Å²) < 4.78 is 7.56. The number of methoxy groups -OCH3 is 1. The number of para-hydroxylation sites is 1. The molecule has 0 spiro atoms. The van der Waals surface area contributed by atoms with Gasteiger partial charge in [0, 0.05) is 6.54 Å². The molecular formula is C14H19ClN2O. The number of aryl methyl sites for hydroxylation is 1. The quantitative estimate of drug-likeness (QED) is 0.584. The maximum atomic E-state index is 5.99. The molecule has 3 nitrogen and oxygen atoms in total. The molecule has 2 rings (SSSR count). The summed E-state index contributed by atoms with van der Waals surface area (Å²) in [5.41, 5.74) is 2.02. The Morgan fingerprint density at radius 3 is 2.83 bits per heavy atom. The number of alkyl halides is 1. The van der Waals surface area contributed by atoms with Crippen LogP contribution in [0.3, 0.4) is 0 Å². The van der Waals surface area contributed by atoms with Gasteiger partial charge in [-0.15, -0.1) is 11.6 Å². The third-order valence-corrected chi connectivity index (χ3v) is 3.38. The van der Waals surface area contributed by atoms with E-state index in [2.05, 4.69) is 22.5 Å². The molecule has 0 N–H and O–H groups in total. The van der Waals surface area contributed by atoms with Crippen LogP contribution in [0.25, 0.3) is 11.0 Å². The van der Waals surface area contributed by atoms with E-state index >= 15 is 0 Å². The van der Waals surface area contributed by atoms with Gasteiger partial charge in [-0.05, 0) is 18.6 Å². The molecule has 1 heterocycles. The van der Waals surface area contributed by atoms with E-state index in [9.17, 15) is 0 Å². The maximum Gasteiger partial charge on any atom is 0.146 e.